The van der Waals surface area contributed by atoms with Crippen molar-refractivity contribution in [2.24, 2.45) is 5.73 Å². The van der Waals surface area contributed by atoms with Gasteiger partial charge in [-0.1, -0.05) is 11.6 Å². The minimum atomic E-state index is -0.425. The standard InChI is InChI=1S/C22H18ClF2N5/c23-13-5-12(6-15(25)7-13)17-9-27-10-18(21(17)30-4-3-16(26)11-30)22-28-19-2-1-14(24)8-20(19)29-22/h1-2,5-10,16H,3-4,11,26H2,(H,28,29). The number of nitrogens with two attached hydrogens (primary N) is 1. The van der Waals surface area contributed by atoms with Crippen LogP contribution >= 0.6 is 11.6 Å². The second kappa shape index (κ2) is 7.34. The van der Waals surface area contributed by atoms with Crippen molar-refractivity contribution >= 4 is 28.3 Å². The maximum Gasteiger partial charge on any atom is 0.142 e. The van der Waals surface area contributed by atoms with E-state index in [1.807, 2.05) is 0 Å². The summed E-state index contributed by atoms with van der Waals surface area (Å²) in [4.78, 5) is 14.3. The monoisotopic (exact) mass is 425 g/mol. The quantitative estimate of drug-likeness (QED) is 0.496. The summed E-state index contributed by atoms with van der Waals surface area (Å²) in [5.41, 5.74) is 10.3. The molecule has 0 spiro atoms. The molecule has 5 rings (SSSR count). The number of hydrogen-bond acceptors (Lipinski definition) is 4. The van der Waals surface area contributed by atoms with Crippen molar-refractivity contribution in [1.29, 1.82) is 0 Å². The molecule has 5 nitrogen and oxygen atoms in total. The number of nitrogens with zero attached hydrogens (tertiary/aromatic N) is 3. The number of halogens is 3. The lowest BCUT2D eigenvalue weighted by molar-refractivity contribution is 0.628. The van der Waals surface area contributed by atoms with Crippen LogP contribution in [0.4, 0.5) is 14.5 Å². The molecule has 1 fully saturated rings. The van der Waals surface area contributed by atoms with E-state index in [0.29, 0.717) is 34.0 Å². The van der Waals surface area contributed by atoms with E-state index in [9.17, 15) is 8.78 Å². The van der Waals surface area contributed by atoms with Gasteiger partial charge in [0.05, 0.1) is 22.3 Å². The van der Waals surface area contributed by atoms with Crippen LogP contribution in [-0.4, -0.2) is 34.1 Å². The van der Waals surface area contributed by atoms with Crippen molar-refractivity contribution in [1.82, 2.24) is 15.0 Å². The predicted molar refractivity (Wildman–Crippen MR) is 114 cm³/mol. The summed E-state index contributed by atoms with van der Waals surface area (Å²) in [5.74, 6) is -0.209. The zero-order valence-corrected chi connectivity index (χ0v) is 16.6. The summed E-state index contributed by atoms with van der Waals surface area (Å²) in [6.07, 6.45) is 4.24. The van der Waals surface area contributed by atoms with Crippen LogP contribution in [0.2, 0.25) is 5.02 Å². The lowest BCUT2D eigenvalue weighted by Crippen LogP contribution is -2.27. The molecule has 2 aromatic heterocycles. The van der Waals surface area contributed by atoms with Gasteiger partial charge in [-0.3, -0.25) is 4.98 Å². The molecule has 1 saturated heterocycles. The molecule has 0 aliphatic carbocycles. The van der Waals surface area contributed by atoms with Crippen LogP contribution < -0.4 is 10.6 Å². The molecule has 1 aliphatic heterocycles. The van der Waals surface area contributed by atoms with E-state index >= 15 is 0 Å². The smallest absolute Gasteiger partial charge is 0.142 e. The number of aromatic nitrogens is 3. The number of benzene rings is 2. The number of hydrogen-bond donors (Lipinski definition) is 2. The fourth-order valence-corrected chi connectivity index (χ4v) is 4.21. The minimum Gasteiger partial charge on any atom is -0.369 e. The first kappa shape index (κ1) is 19.0. The van der Waals surface area contributed by atoms with Gasteiger partial charge < -0.3 is 15.6 Å². The zero-order valence-electron chi connectivity index (χ0n) is 15.9. The summed E-state index contributed by atoms with van der Waals surface area (Å²) >= 11 is 6.11. The first-order valence-electron chi connectivity index (χ1n) is 9.58. The molecular weight excluding hydrogens is 408 g/mol. The number of aromatic amines is 1. The van der Waals surface area contributed by atoms with Crippen LogP contribution in [0.15, 0.2) is 48.8 Å². The minimum absolute atomic E-state index is 0.0414. The number of nitrogens with one attached hydrogen (secondary N) is 1. The summed E-state index contributed by atoms with van der Waals surface area (Å²) in [6.45, 7) is 1.41. The second-order valence-electron chi connectivity index (χ2n) is 7.48. The van der Waals surface area contributed by atoms with Crippen LogP contribution in [0.25, 0.3) is 33.5 Å². The average Bonchev–Trinajstić information content (AvgIpc) is 3.32. The van der Waals surface area contributed by atoms with E-state index in [0.717, 1.165) is 29.8 Å². The van der Waals surface area contributed by atoms with Gasteiger partial charge in [-0.25, -0.2) is 13.8 Å². The van der Waals surface area contributed by atoms with Crippen LogP contribution in [0.5, 0.6) is 0 Å². The highest BCUT2D eigenvalue weighted by atomic mass is 35.5. The molecule has 1 aliphatic rings. The van der Waals surface area contributed by atoms with E-state index in [1.165, 1.54) is 24.3 Å². The number of H-pyrrole nitrogens is 1. The first-order chi connectivity index (χ1) is 14.5. The average molecular weight is 426 g/mol. The summed E-state index contributed by atoms with van der Waals surface area (Å²) in [7, 11) is 0. The van der Waals surface area contributed by atoms with Crippen LogP contribution in [0.3, 0.4) is 0 Å². The van der Waals surface area contributed by atoms with E-state index in [4.69, 9.17) is 17.3 Å². The molecular formula is C22H18ClF2N5. The number of imidazole rings is 1. The van der Waals surface area contributed by atoms with Crippen LogP contribution in [0, 0.1) is 11.6 Å². The van der Waals surface area contributed by atoms with Gasteiger partial charge in [-0.15, -0.1) is 0 Å². The molecule has 0 amide bonds. The summed E-state index contributed by atoms with van der Waals surface area (Å²) < 4.78 is 27.7. The van der Waals surface area contributed by atoms with Gasteiger partial charge in [0.15, 0.2) is 0 Å². The molecule has 4 aromatic rings. The first-order valence-corrected chi connectivity index (χ1v) is 9.96. The molecule has 0 bridgehead atoms. The fraction of sp³-hybridized carbons (Fsp3) is 0.182. The Bertz CT molecular complexity index is 1240. The number of pyridine rings is 1. The largest absolute Gasteiger partial charge is 0.369 e. The van der Waals surface area contributed by atoms with Gasteiger partial charge in [-0.05, 0) is 48.4 Å². The molecule has 152 valence electrons. The van der Waals surface area contributed by atoms with Crippen molar-refractivity contribution in [3.63, 3.8) is 0 Å². The normalized spacial score (nSPS) is 16.5. The number of fused-ring (bicyclic) bond motifs is 1. The third-order valence-corrected chi connectivity index (χ3v) is 5.55. The Morgan fingerprint density at radius 3 is 2.67 bits per heavy atom. The molecule has 1 atom stereocenters. The third kappa shape index (κ3) is 3.40. The summed E-state index contributed by atoms with van der Waals surface area (Å²) in [6, 6.07) is 8.85. The van der Waals surface area contributed by atoms with Gasteiger partial charge in [0.25, 0.3) is 0 Å². The molecule has 8 heteroatoms. The zero-order chi connectivity index (χ0) is 20.8. The van der Waals surface area contributed by atoms with Gasteiger partial charge in [-0.2, -0.15) is 0 Å². The Hall–Kier alpha value is -3.03. The second-order valence-corrected chi connectivity index (χ2v) is 7.92. The molecule has 3 heterocycles. The SMILES string of the molecule is NC1CCN(c2c(-c3cc(F)cc(Cl)c3)cncc2-c2nc3ccc(F)cc3[nH]2)C1. The molecule has 1 unspecified atom stereocenters. The predicted octanol–water partition coefficient (Wildman–Crippen LogP) is 4.76. The molecule has 0 saturated carbocycles. The lowest BCUT2D eigenvalue weighted by atomic mass is 10.0. The van der Waals surface area contributed by atoms with Crippen molar-refractivity contribution in [2.45, 2.75) is 12.5 Å². The van der Waals surface area contributed by atoms with E-state index in [1.54, 1.807) is 24.5 Å². The van der Waals surface area contributed by atoms with Crippen molar-refractivity contribution < 1.29 is 8.78 Å². The fourth-order valence-electron chi connectivity index (χ4n) is 3.99. The Morgan fingerprint density at radius 1 is 1.07 bits per heavy atom. The van der Waals surface area contributed by atoms with Crippen LogP contribution in [0.1, 0.15) is 6.42 Å². The van der Waals surface area contributed by atoms with Gasteiger partial charge in [0.1, 0.15) is 17.5 Å². The lowest BCUT2D eigenvalue weighted by Gasteiger charge is -2.24. The topological polar surface area (TPSA) is 70.8 Å². The van der Waals surface area contributed by atoms with Crippen molar-refractivity contribution in [3.8, 4) is 22.5 Å². The number of rotatable bonds is 3. The Kier molecular flexibility index (Phi) is 4.64. The maximum absolute atomic E-state index is 14.1. The Labute approximate surface area is 176 Å². The number of anilines is 1. The van der Waals surface area contributed by atoms with Crippen LogP contribution in [-0.2, 0) is 0 Å². The molecule has 3 N–H and O–H groups in total. The Balaban J connectivity index is 1.74. The highest BCUT2D eigenvalue weighted by molar-refractivity contribution is 6.30. The highest BCUT2D eigenvalue weighted by Gasteiger charge is 2.26. The van der Waals surface area contributed by atoms with Crippen molar-refractivity contribution in [2.75, 3.05) is 18.0 Å². The highest BCUT2D eigenvalue weighted by Crippen LogP contribution is 2.40. The van der Waals surface area contributed by atoms with Gasteiger partial charge in [0.2, 0.25) is 0 Å². The Morgan fingerprint density at radius 2 is 1.90 bits per heavy atom. The van der Waals surface area contributed by atoms with E-state index in [-0.39, 0.29) is 11.9 Å². The molecule has 30 heavy (non-hydrogen) atoms. The van der Waals surface area contributed by atoms with Gasteiger partial charge >= 0.3 is 0 Å². The maximum atomic E-state index is 14.1. The third-order valence-electron chi connectivity index (χ3n) is 5.33. The van der Waals surface area contributed by atoms with Crippen molar-refractivity contribution in [3.05, 3.63) is 65.4 Å². The molecule has 0 radical (unpaired) electrons. The molecule has 2 aromatic carbocycles. The van der Waals surface area contributed by atoms with Gasteiger partial charge in [0, 0.05) is 42.1 Å². The van der Waals surface area contributed by atoms with E-state index in [2.05, 4.69) is 19.9 Å². The summed E-state index contributed by atoms with van der Waals surface area (Å²) in [5, 5.41) is 0.304. The van der Waals surface area contributed by atoms with E-state index < -0.39 is 5.82 Å².